The van der Waals surface area contributed by atoms with E-state index in [-0.39, 0.29) is 4.90 Å². The van der Waals surface area contributed by atoms with Crippen LogP contribution in [0.1, 0.15) is 12.0 Å². The van der Waals surface area contributed by atoms with Crippen LogP contribution < -0.4 is 0 Å². The Kier molecular flexibility index (Phi) is 3.05. The zero-order valence-corrected chi connectivity index (χ0v) is 7.02. The minimum atomic E-state index is -2.98. The average molecular weight is 210 g/mol. The summed E-state index contributed by atoms with van der Waals surface area (Å²) in [4.78, 5) is -0.239. The second-order valence-corrected chi connectivity index (χ2v) is 3.20. The molecule has 0 spiro atoms. The number of alkyl halides is 2. The minimum Gasteiger partial charge on any atom is -0.302 e. The third-order valence-electron chi connectivity index (χ3n) is 1.40. The first kappa shape index (κ1) is 10.2. The van der Waals surface area contributed by atoms with Crippen molar-refractivity contribution in [1.29, 1.82) is 0 Å². The second kappa shape index (κ2) is 3.89. The first-order valence-electron chi connectivity index (χ1n) is 3.21. The molecule has 0 saturated carbocycles. The van der Waals surface area contributed by atoms with Crippen LogP contribution >= 0.6 is 0 Å². The van der Waals surface area contributed by atoms with E-state index in [4.69, 9.17) is 4.55 Å². The van der Waals surface area contributed by atoms with Gasteiger partial charge in [-0.25, -0.2) is 17.4 Å². The van der Waals surface area contributed by atoms with E-state index in [2.05, 4.69) is 0 Å². The molecule has 6 heteroatoms. The number of benzene rings is 1. The topological polar surface area (TPSA) is 37.3 Å². The molecule has 2 nitrogen and oxygen atoms in total. The summed E-state index contributed by atoms with van der Waals surface area (Å²) in [6, 6.07) is 2.40. The van der Waals surface area contributed by atoms with E-state index < -0.39 is 28.9 Å². The molecule has 0 radical (unpaired) electrons. The van der Waals surface area contributed by atoms with E-state index in [0.717, 1.165) is 12.1 Å². The third kappa shape index (κ3) is 2.28. The normalized spacial score (nSPS) is 13.3. The number of rotatable bonds is 2. The second-order valence-electron chi connectivity index (χ2n) is 2.23. The van der Waals surface area contributed by atoms with Crippen LogP contribution in [0, 0.1) is 5.82 Å². The van der Waals surface area contributed by atoms with Gasteiger partial charge in [-0.05, 0) is 18.2 Å². The van der Waals surface area contributed by atoms with Gasteiger partial charge in [0, 0.05) is 0 Å². The van der Waals surface area contributed by atoms with E-state index in [9.17, 15) is 17.4 Å². The highest BCUT2D eigenvalue weighted by molar-refractivity contribution is 7.79. The van der Waals surface area contributed by atoms with Crippen molar-refractivity contribution in [2.45, 2.75) is 11.3 Å². The van der Waals surface area contributed by atoms with Gasteiger partial charge in [0.15, 0.2) is 11.1 Å². The first-order chi connectivity index (χ1) is 6.02. The van der Waals surface area contributed by atoms with Crippen molar-refractivity contribution in [3.8, 4) is 0 Å². The van der Waals surface area contributed by atoms with Crippen molar-refractivity contribution in [2.24, 2.45) is 0 Å². The first-order valence-corrected chi connectivity index (χ1v) is 4.31. The molecule has 0 aliphatic heterocycles. The van der Waals surface area contributed by atoms with Gasteiger partial charge in [-0.2, -0.15) is 0 Å². The molecule has 0 heterocycles. The van der Waals surface area contributed by atoms with Gasteiger partial charge in [0.1, 0.15) is 5.82 Å². The summed E-state index contributed by atoms with van der Waals surface area (Å²) in [5.41, 5.74) is -0.861. The van der Waals surface area contributed by atoms with Crippen molar-refractivity contribution < 1.29 is 21.9 Å². The van der Waals surface area contributed by atoms with E-state index in [1.807, 2.05) is 0 Å². The SMILES string of the molecule is O=S(O)c1ccc(F)c(C(F)F)c1. The molecule has 0 aliphatic carbocycles. The summed E-state index contributed by atoms with van der Waals surface area (Å²) in [6.45, 7) is 0. The molecule has 1 aromatic rings. The summed E-state index contributed by atoms with van der Waals surface area (Å²) >= 11 is -2.36. The standard InChI is InChI=1S/C7H5F3O2S/c8-6-2-1-4(13(11)12)3-5(6)7(9)10/h1-3,7H,(H,11,12). The van der Waals surface area contributed by atoms with Gasteiger partial charge in [-0.15, -0.1) is 0 Å². The molecule has 0 aromatic heterocycles. The van der Waals surface area contributed by atoms with Gasteiger partial charge >= 0.3 is 0 Å². The molecule has 0 amide bonds. The summed E-state index contributed by atoms with van der Waals surface area (Å²) in [6.07, 6.45) is -2.98. The lowest BCUT2D eigenvalue weighted by Crippen LogP contribution is -1.95. The van der Waals surface area contributed by atoms with Crippen molar-refractivity contribution in [3.63, 3.8) is 0 Å². The molecular formula is C7H5F3O2S. The lowest BCUT2D eigenvalue weighted by Gasteiger charge is -2.02. The monoisotopic (exact) mass is 210 g/mol. The Labute approximate surface area is 74.7 Å². The molecule has 72 valence electrons. The molecule has 1 atom stereocenters. The zero-order chi connectivity index (χ0) is 10.0. The van der Waals surface area contributed by atoms with Crippen LogP contribution in [0.3, 0.4) is 0 Å². The van der Waals surface area contributed by atoms with Crippen LogP contribution in [0.15, 0.2) is 23.1 Å². The van der Waals surface area contributed by atoms with E-state index in [0.29, 0.717) is 6.07 Å². The molecule has 0 fully saturated rings. The van der Waals surface area contributed by atoms with E-state index in [1.165, 1.54) is 0 Å². The fourth-order valence-electron chi connectivity index (χ4n) is 0.798. The molecule has 1 aromatic carbocycles. The van der Waals surface area contributed by atoms with Crippen molar-refractivity contribution in [3.05, 3.63) is 29.6 Å². The van der Waals surface area contributed by atoms with Crippen LogP contribution in [-0.4, -0.2) is 8.76 Å². The summed E-state index contributed by atoms with van der Waals surface area (Å²) in [5.74, 6) is -1.08. The van der Waals surface area contributed by atoms with Crippen LogP contribution in [-0.2, 0) is 11.1 Å². The predicted molar refractivity (Wildman–Crippen MR) is 40.4 cm³/mol. The van der Waals surface area contributed by atoms with Gasteiger partial charge in [0.05, 0.1) is 10.5 Å². The van der Waals surface area contributed by atoms with Crippen molar-refractivity contribution in [2.75, 3.05) is 0 Å². The Morgan fingerprint density at radius 2 is 2.00 bits per heavy atom. The molecule has 1 unspecified atom stereocenters. The van der Waals surface area contributed by atoms with Gasteiger partial charge < -0.3 is 4.55 Å². The van der Waals surface area contributed by atoms with Gasteiger partial charge in [-0.1, -0.05) is 0 Å². The van der Waals surface area contributed by atoms with Crippen LogP contribution in [0.5, 0.6) is 0 Å². The van der Waals surface area contributed by atoms with Crippen LogP contribution in [0.4, 0.5) is 13.2 Å². The van der Waals surface area contributed by atoms with E-state index >= 15 is 0 Å². The quantitative estimate of drug-likeness (QED) is 0.760. The van der Waals surface area contributed by atoms with E-state index in [1.54, 1.807) is 0 Å². The fourth-order valence-corrected chi connectivity index (χ4v) is 1.21. The van der Waals surface area contributed by atoms with Crippen molar-refractivity contribution in [1.82, 2.24) is 0 Å². The number of hydrogen-bond donors (Lipinski definition) is 1. The highest BCUT2D eigenvalue weighted by atomic mass is 32.2. The minimum absolute atomic E-state index is 0.239. The Morgan fingerprint density at radius 1 is 1.38 bits per heavy atom. The smallest absolute Gasteiger partial charge is 0.266 e. The van der Waals surface area contributed by atoms with Gasteiger partial charge in [0.2, 0.25) is 0 Å². The lowest BCUT2D eigenvalue weighted by molar-refractivity contribution is 0.146. The lowest BCUT2D eigenvalue weighted by atomic mass is 10.2. The van der Waals surface area contributed by atoms with Gasteiger partial charge in [0.25, 0.3) is 6.43 Å². The fraction of sp³-hybridized carbons (Fsp3) is 0.143. The molecule has 13 heavy (non-hydrogen) atoms. The highest BCUT2D eigenvalue weighted by Crippen LogP contribution is 2.23. The summed E-state index contributed by atoms with van der Waals surface area (Å²) in [5, 5.41) is 0. The maximum atomic E-state index is 12.6. The molecule has 0 saturated heterocycles. The number of hydrogen-bond acceptors (Lipinski definition) is 1. The molecule has 0 bridgehead atoms. The molecule has 1 rings (SSSR count). The van der Waals surface area contributed by atoms with Crippen molar-refractivity contribution >= 4 is 11.1 Å². The maximum Gasteiger partial charge on any atom is 0.266 e. The summed E-state index contributed by atoms with van der Waals surface area (Å²) in [7, 11) is 0. The Balaban J connectivity index is 3.19. The Bertz CT molecular complexity index is 341. The molecular weight excluding hydrogens is 205 g/mol. The van der Waals surface area contributed by atoms with Crippen LogP contribution in [0.25, 0.3) is 0 Å². The number of halogens is 3. The predicted octanol–water partition coefficient (Wildman–Crippen LogP) is 2.34. The maximum absolute atomic E-state index is 12.6. The van der Waals surface area contributed by atoms with Gasteiger partial charge in [-0.3, -0.25) is 0 Å². The molecule has 1 N–H and O–H groups in total. The van der Waals surface area contributed by atoms with Crippen LogP contribution in [0.2, 0.25) is 0 Å². The third-order valence-corrected chi connectivity index (χ3v) is 2.06. The summed E-state index contributed by atoms with van der Waals surface area (Å²) < 4.78 is 55.7. The largest absolute Gasteiger partial charge is 0.302 e. The molecule has 0 aliphatic rings. The Hall–Kier alpha value is -0.880. The highest BCUT2D eigenvalue weighted by Gasteiger charge is 2.14. The zero-order valence-electron chi connectivity index (χ0n) is 6.21. The Morgan fingerprint density at radius 3 is 2.46 bits per heavy atom. The average Bonchev–Trinajstić information content (AvgIpc) is 2.04.